The molecule has 2 saturated heterocycles. The fourth-order valence-electron chi connectivity index (χ4n) is 5.02. The van der Waals surface area contributed by atoms with Crippen LogP contribution in [0.1, 0.15) is 52.7 Å². The summed E-state index contributed by atoms with van der Waals surface area (Å²) < 4.78 is 0. The van der Waals surface area contributed by atoms with Crippen LogP contribution in [0.25, 0.3) is 0 Å². The second kappa shape index (κ2) is 8.39. The van der Waals surface area contributed by atoms with Crippen molar-refractivity contribution in [1.29, 1.82) is 0 Å². The third-order valence-electron chi connectivity index (χ3n) is 6.95. The summed E-state index contributed by atoms with van der Waals surface area (Å²) in [7, 11) is 0. The maximum atomic E-state index is 13.0. The lowest BCUT2D eigenvalue weighted by Crippen LogP contribution is -2.52. The van der Waals surface area contributed by atoms with Crippen LogP contribution in [0.2, 0.25) is 0 Å². The molecule has 0 spiro atoms. The lowest BCUT2D eigenvalue weighted by molar-refractivity contribution is -0.136. The number of hydrogen-bond acceptors (Lipinski definition) is 5. The van der Waals surface area contributed by atoms with Crippen molar-refractivity contribution in [2.75, 3.05) is 18.4 Å². The van der Waals surface area contributed by atoms with E-state index in [4.69, 9.17) is 0 Å². The van der Waals surface area contributed by atoms with Crippen LogP contribution in [0, 0.1) is 5.92 Å². The summed E-state index contributed by atoms with van der Waals surface area (Å²) in [5, 5.41) is 9.23. The Hall–Kier alpha value is -3.19. The van der Waals surface area contributed by atoms with E-state index < -0.39 is 6.04 Å². The van der Waals surface area contributed by atoms with Gasteiger partial charge in [-0.2, -0.15) is 0 Å². The maximum absolute atomic E-state index is 13.0. The van der Waals surface area contributed by atoms with Crippen molar-refractivity contribution in [3.05, 3.63) is 64.7 Å². The van der Waals surface area contributed by atoms with Crippen LogP contribution < -0.4 is 16.0 Å². The summed E-state index contributed by atoms with van der Waals surface area (Å²) in [6, 6.07) is 13.9. The molecule has 3 atom stereocenters. The van der Waals surface area contributed by atoms with Crippen LogP contribution >= 0.6 is 0 Å². The smallest absolute Gasteiger partial charge is 0.255 e. The molecule has 166 valence electrons. The van der Waals surface area contributed by atoms with Crippen molar-refractivity contribution < 1.29 is 14.4 Å². The van der Waals surface area contributed by atoms with Gasteiger partial charge in [0.05, 0.1) is 0 Å². The topological polar surface area (TPSA) is 90.5 Å². The SMILES string of the molecule is C[C@@H]1CNC[C@H]1c1ccc(NCc2ccc3c(c2)C(=O)N(C2CCC(=O)NC2=O)C3)cc1. The van der Waals surface area contributed by atoms with E-state index in [1.54, 1.807) is 4.90 Å². The minimum atomic E-state index is -0.578. The van der Waals surface area contributed by atoms with Crippen molar-refractivity contribution in [3.8, 4) is 0 Å². The number of carbonyl (C=O) groups excluding carboxylic acids is 3. The fraction of sp³-hybridized carbons (Fsp3) is 0.400. The zero-order valence-corrected chi connectivity index (χ0v) is 18.2. The highest BCUT2D eigenvalue weighted by Crippen LogP contribution is 2.30. The lowest BCUT2D eigenvalue weighted by Gasteiger charge is -2.29. The van der Waals surface area contributed by atoms with Gasteiger partial charge in [-0.3, -0.25) is 19.7 Å². The highest BCUT2D eigenvalue weighted by molar-refractivity contribution is 6.05. The summed E-state index contributed by atoms with van der Waals surface area (Å²) in [6.45, 7) is 5.41. The number of piperidine rings is 1. The number of hydrogen-bond donors (Lipinski definition) is 3. The Bertz CT molecular complexity index is 1070. The van der Waals surface area contributed by atoms with Gasteiger partial charge < -0.3 is 15.5 Å². The first-order chi connectivity index (χ1) is 15.5. The average Bonchev–Trinajstić information content (AvgIpc) is 3.36. The highest BCUT2D eigenvalue weighted by Gasteiger charge is 2.39. The van der Waals surface area contributed by atoms with E-state index in [1.807, 2.05) is 18.2 Å². The van der Waals surface area contributed by atoms with Gasteiger partial charge in [-0.05, 0) is 53.8 Å². The highest BCUT2D eigenvalue weighted by atomic mass is 16.2. The fourth-order valence-corrected chi connectivity index (χ4v) is 5.02. The molecule has 7 heteroatoms. The van der Waals surface area contributed by atoms with Gasteiger partial charge in [0, 0.05) is 43.2 Å². The maximum Gasteiger partial charge on any atom is 0.255 e. The van der Waals surface area contributed by atoms with Crippen LogP contribution in [-0.4, -0.2) is 41.8 Å². The van der Waals surface area contributed by atoms with Gasteiger partial charge in [0.2, 0.25) is 11.8 Å². The monoisotopic (exact) mass is 432 g/mol. The van der Waals surface area contributed by atoms with Gasteiger partial charge in [-0.15, -0.1) is 0 Å². The Morgan fingerprint density at radius 1 is 1.06 bits per heavy atom. The van der Waals surface area contributed by atoms with Gasteiger partial charge in [0.15, 0.2) is 0 Å². The predicted molar refractivity (Wildman–Crippen MR) is 121 cm³/mol. The molecule has 0 bridgehead atoms. The third-order valence-corrected chi connectivity index (χ3v) is 6.95. The zero-order chi connectivity index (χ0) is 22.2. The van der Waals surface area contributed by atoms with E-state index in [9.17, 15) is 14.4 Å². The Labute approximate surface area is 187 Å². The molecule has 3 aliphatic rings. The molecule has 3 heterocycles. The number of carbonyl (C=O) groups is 3. The van der Waals surface area contributed by atoms with Gasteiger partial charge in [-0.1, -0.05) is 31.2 Å². The van der Waals surface area contributed by atoms with Gasteiger partial charge in [-0.25, -0.2) is 0 Å². The molecular weight excluding hydrogens is 404 g/mol. The van der Waals surface area contributed by atoms with Gasteiger partial charge in [0.1, 0.15) is 6.04 Å². The Morgan fingerprint density at radius 3 is 2.59 bits per heavy atom. The summed E-state index contributed by atoms with van der Waals surface area (Å²) in [4.78, 5) is 38.2. The number of imide groups is 1. The third kappa shape index (κ3) is 3.88. The van der Waals surface area contributed by atoms with E-state index in [0.29, 0.717) is 36.9 Å². The second-order valence-corrected chi connectivity index (χ2v) is 9.11. The zero-order valence-electron chi connectivity index (χ0n) is 18.2. The molecule has 7 nitrogen and oxygen atoms in total. The molecule has 32 heavy (non-hydrogen) atoms. The van der Waals surface area contributed by atoms with Crippen molar-refractivity contribution >= 4 is 23.4 Å². The molecule has 0 aliphatic carbocycles. The summed E-state index contributed by atoms with van der Waals surface area (Å²) in [6.07, 6.45) is 0.644. The number of anilines is 1. The number of benzene rings is 2. The summed E-state index contributed by atoms with van der Waals surface area (Å²) >= 11 is 0. The van der Waals surface area contributed by atoms with Crippen LogP contribution in [-0.2, 0) is 22.7 Å². The average molecular weight is 433 g/mol. The van der Waals surface area contributed by atoms with Crippen LogP contribution in [0.5, 0.6) is 0 Å². The molecule has 3 amide bonds. The molecule has 0 radical (unpaired) electrons. The van der Waals surface area contributed by atoms with E-state index in [0.717, 1.165) is 29.9 Å². The van der Waals surface area contributed by atoms with Gasteiger partial charge >= 0.3 is 0 Å². The molecular formula is C25H28N4O3. The van der Waals surface area contributed by atoms with Crippen molar-refractivity contribution in [2.45, 2.75) is 44.8 Å². The predicted octanol–water partition coefficient (Wildman–Crippen LogP) is 2.38. The summed E-state index contributed by atoms with van der Waals surface area (Å²) in [5.41, 5.74) is 4.99. The van der Waals surface area contributed by atoms with E-state index >= 15 is 0 Å². The molecule has 0 saturated carbocycles. The van der Waals surface area contributed by atoms with Crippen LogP contribution in [0.15, 0.2) is 42.5 Å². The number of nitrogens with zero attached hydrogens (tertiary/aromatic N) is 1. The number of rotatable bonds is 5. The van der Waals surface area contributed by atoms with Crippen LogP contribution in [0.4, 0.5) is 5.69 Å². The molecule has 3 aliphatic heterocycles. The Balaban J connectivity index is 1.23. The molecule has 2 fully saturated rings. The standard InChI is InChI=1S/C25H28N4O3/c1-15-11-26-13-21(15)17-4-6-19(7-5-17)27-12-16-2-3-18-14-29(25(32)20(18)10-16)22-8-9-23(30)28-24(22)31/h2-7,10,15,21-22,26-27H,8-9,11-14H2,1H3,(H,28,30,31)/t15-,21-,22?/m1/s1. The summed E-state index contributed by atoms with van der Waals surface area (Å²) in [5.74, 6) is 0.429. The second-order valence-electron chi connectivity index (χ2n) is 9.11. The first-order valence-corrected chi connectivity index (χ1v) is 11.3. The Morgan fingerprint density at radius 2 is 1.88 bits per heavy atom. The molecule has 2 aromatic rings. The van der Waals surface area contributed by atoms with Gasteiger partial charge in [0.25, 0.3) is 5.91 Å². The first-order valence-electron chi connectivity index (χ1n) is 11.3. The lowest BCUT2D eigenvalue weighted by atomic mass is 9.90. The van der Waals surface area contributed by atoms with Crippen molar-refractivity contribution in [1.82, 2.24) is 15.5 Å². The quantitative estimate of drug-likeness (QED) is 0.631. The molecule has 5 rings (SSSR count). The van der Waals surface area contributed by atoms with Crippen molar-refractivity contribution in [2.24, 2.45) is 5.92 Å². The number of nitrogens with one attached hydrogen (secondary N) is 3. The number of fused-ring (bicyclic) bond motifs is 1. The normalized spacial score (nSPS) is 25.1. The van der Waals surface area contributed by atoms with E-state index in [-0.39, 0.29) is 24.1 Å². The van der Waals surface area contributed by atoms with Crippen molar-refractivity contribution in [3.63, 3.8) is 0 Å². The molecule has 2 aromatic carbocycles. The molecule has 1 unspecified atom stereocenters. The largest absolute Gasteiger partial charge is 0.381 e. The molecule has 0 aromatic heterocycles. The van der Waals surface area contributed by atoms with E-state index in [1.165, 1.54) is 5.56 Å². The first kappa shape index (κ1) is 20.7. The number of amides is 3. The Kier molecular flexibility index (Phi) is 5.43. The minimum Gasteiger partial charge on any atom is -0.381 e. The van der Waals surface area contributed by atoms with E-state index in [2.05, 4.69) is 47.1 Å². The molecule has 3 N–H and O–H groups in total. The van der Waals surface area contributed by atoms with Crippen LogP contribution in [0.3, 0.4) is 0 Å². The minimum absolute atomic E-state index is 0.139.